The molecule has 14 heavy (non-hydrogen) atoms. The largest absolute Gasteiger partial charge is 0.392 e. The van der Waals surface area contributed by atoms with Gasteiger partial charge >= 0.3 is 0 Å². The summed E-state index contributed by atoms with van der Waals surface area (Å²) in [5.74, 6) is 0. The van der Waals surface area contributed by atoms with Crippen LogP contribution in [-0.4, -0.2) is 5.11 Å². The number of fused-ring (bicyclic) bond motifs is 1. The lowest BCUT2D eigenvalue weighted by atomic mass is 10.0. The fourth-order valence-corrected chi connectivity index (χ4v) is 3.37. The van der Waals surface area contributed by atoms with Gasteiger partial charge in [-0.25, -0.2) is 0 Å². The Morgan fingerprint density at radius 3 is 2.86 bits per heavy atom. The van der Waals surface area contributed by atoms with Crippen LogP contribution in [-0.2, 0) is 13.0 Å². The number of hydrogen-bond donors (Lipinski definition) is 1. The molecule has 0 saturated carbocycles. The van der Waals surface area contributed by atoms with Crippen molar-refractivity contribution in [2.24, 2.45) is 0 Å². The summed E-state index contributed by atoms with van der Waals surface area (Å²) in [5.41, 5.74) is 2.29. The van der Waals surface area contributed by atoms with Gasteiger partial charge in [-0.1, -0.05) is 22.9 Å². The molecule has 2 rings (SSSR count). The van der Waals surface area contributed by atoms with Crippen molar-refractivity contribution in [3.63, 3.8) is 0 Å². The number of aryl methyl sites for hydroxylation is 1. The van der Waals surface area contributed by atoms with E-state index in [4.69, 9.17) is 0 Å². The van der Waals surface area contributed by atoms with Crippen LogP contribution in [0.4, 0.5) is 0 Å². The number of rotatable bonds is 2. The molecule has 0 spiro atoms. The van der Waals surface area contributed by atoms with Crippen molar-refractivity contribution in [3.8, 4) is 0 Å². The maximum absolute atomic E-state index is 9.30. The molecule has 1 nitrogen and oxygen atoms in total. The van der Waals surface area contributed by atoms with E-state index in [9.17, 15) is 5.11 Å². The Balaban J connectivity index is 2.82. The molecular formula is C11H11BrOS. The quantitative estimate of drug-likeness (QED) is 0.882. The van der Waals surface area contributed by atoms with Crippen molar-refractivity contribution < 1.29 is 5.11 Å². The molecule has 1 aromatic heterocycles. The van der Waals surface area contributed by atoms with Gasteiger partial charge in [-0.05, 0) is 40.4 Å². The van der Waals surface area contributed by atoms with E-state index in [1.807, 2.05) is 0 Å². The van der Waals surface area contributed by atoms with E-state index >= 15 is 0 Å². The molecule has 1 aromatic carbocycles. The number of aliphatic hydroxyl groups is 1. The predicted octanol–water partition coefficient (Wildman–Crippen LogP) is 3.72. The minimum atomic E-state index is 0.107. The summed E-state index contributed by atoms with van der Waals surface area (Å²) in [5, 5.41) is 12.7. The Morgan fingerprint density at radius 1 is 1.43 bits per heavy atom. The molecule has 0 radical (unpaired) electrons. The van der Waals surface area contributed by atoms with E-state index in [2.05, 4.69) is 40.4 Å². The van der Waals surface area contributed by atoms with E-state index in [-0.39, 0.29) is 6.61 Å². The first-order valence-electron chi connectivity index (χ1n) is 4.56. The molecule has 0 bridgehead atoms. The third-order valence-corrected chi connectivity index (χ3v) is 4.01. The lowest BCUT2D eigenvalue weighted by Gasteiger charge is -2.09. The zero-order valence-corrected chi connectivity index (χ0v) is 10.3. The number of benzene rings is 1. The lowest BCUT2D eigenvalue weighted by molar-refractivity contribution is 0.280. The van der Waals surface area contributed by atoms with Crippen LogP contribution in [0.1, 0.15) is 18.1 Å². The van der Waals surface area contributed by atoms with Crippen LogP contribution in [0.25, 0.3) is 10.1 Å². The van der Waals surface area contributed by atoms with Crippen LogP contribution >= 0.6 is 27.3 Å². The second-order valence-electron chi connectivity index (χ2n) is 3.16. The smallest absolute Gasteiger partial charge is 0.0695 e. The summed E-state index contributed by atoms with van der Waals surface area (Å²) in [6.45, 7) is 2.23. The Morgan fingerprint density at radius 2 is 2.21 bits per heavy atom. The molecule has 0 aliphatic heterocycles. The van der Waals surface area contributed by atoms with Gasteiger partial charge in [-0.3, -0.25) is 0 Å². The molecule has 0 fully saturated rings. The molecule has 0 atom stereocenters. The molecular weight excluding hydrogens is 260 g/mol. The highest BCUT2D eigenvalue weighted by molar-refractivity contribution is 9.10. The third-order valence-electron chi connectivity index (χ3n) is 2.44. The van der Waals surface area contributed by atoms with E-state index in [1.165, 1.54) is 15.6 Å². The van der Waals surface area contributed by atoms with Crippen LogP contribution in [0.15, 0.2) is 22.0 Å². The molecule has 0 unspecified atom stereocenters. The molecule has 1 N–H and O–H groups in total. The number of thiophene rings is 1. The summed E-state index contributed by atoms with van der Waals surface area (Å²) in [6, 6.07) is 4.22. The van der Waals surface area contributed by atoms with Crippen LogP contribution in [0.3, 0.4) is 0 Å². The van der Waals surface area contributed by atoms with E-state index < -0.39 is 0 Å². The number of aliphatic hydroxyl groups excluding tert-OH is 1. The summed E-state index contributed by atoms with van der Waals surface area (Å²) in [6.07, 6.45) is 0.961. The standard InChI is InChI=1S/C11H11BrOS/c1-2-7-8-3-4-14-11(8)5-10(12)9(7)6-13/h3-5,13H,2,6H2,1H3. The van der Waals surface area contributed by atoms with Crippen LogP contribution in [0.5, 0.6) is 0 Å². The fraction of sp³-hybridized carbons (Fsp3) is 0.273. The molecule has 74 valence electrons. The van der Waals surface area contributed by atoms with Gasteiger partial charge in [-0.15, -0.1) is 11.3 Å². The highest BCUT2D eigenvalue weighted by atomic mass is 79.9. The van der Waals surface area contributed by atoms with Crippen LogP contribution in [0, 0.1) is 0 Å². The van der Waals surface area contributed by atoms with E-state index in [1.54, 1.807) is 11.3 Å². The normalized spacial score (nSPS) is 11.1. The van der Waals surface area contributed by atoms with Gasteiger partial charge in [0, 0.05) is 9.17 Å². The summed E-state index contributed by atoms with van der Waals surface area (Å²) >= 11 is 5.24. The minimum Gasteiger partial charge on any atom is -0.392 e. The second kappa shape index (κ2) is 4.01. The Bertz CT molecular complexity index is 462. The van der Waals surface area contributed by atoms with Gasteiger partial charge < -0.3 is 5.11 Å². The summed E-state index contributed by atoms with van der Waals surface area (Å²) in [4.78, 5) is 0. The maximum atomic E-state index is 9.30. The average molecular weight is 271 g/mol. The zero-order chi connectivity index (χ0) is 10.1. The number of hydrogen-bond acceptors (Lipinski definition) is 2. The molecule has 3 heteroatoms. The molecule has 0 aliphatic carbocycles. The molecule has 2 aromatic rings. The van der Waals surface area contributed by atoms with Crippen LogP contribution < -0.4 is 0 Å². The molecule has 0 saturated heterocycles. The molecule has 0 aliphatic rings. The van der Waals surface area contributed by atoms with E-state index in [0.29, 0.717) is 0 Å². The predicted molar refractivity (Wildman–Crippen MR) is 64.8 cm³/mol. The van der Waals surface area contributed by atoms with Gasteiger partial charge in [0.05, 0.1) is 6.61 Å². The van der Waals surface area contributed by atoms with Crippen molar-refractivity contribution >= 4 is 37.4 Å². The zero-order valence-electron chi connectivity index (χ0n) is 7.88. The van der Waals surface area contributed by atoms with Gasteiger partial charge in [0.2, 0.25) is 0 Å². The Hall–Kier alpha value is -0.380. The number of halogens is 1. The first-order valence-corrected chi connectivity index (χ1v) is 6.23. The summed E-state index contributed by atoms with van der Waals surface area (Å²) in [7, 11) is 0. The van der Waals surface area contributed by atoms with Crippen molar-refractivity contribution in [2.75, 3.05) is 0 Å². The Labute approximate surface area is 95.5 Å². The second-order valence-corrected chi connectivity index (χ2v) is 4.96. The average Bonchev–Trinajstić information content (AvgIpc) is 2.62. The van der Waals surface area contributed by atoms with Gasteiger partial charge in [-0.2, -0.15) is 0 Å². The highest BCUT2D eigenvalue weighted by Crippen LogP contribution is 2.33. The fourth-order valence-electron chi connectivity index (χ4n) is 1.77. The first-order chi connectivity index (χ1) is 6.77. The van der Waals surface area contributed by atoms with Crippen molar-refractivity contribution in [3.05, 3.63) is 33.1 Å². The minimum absolute atomic E-state index is 0.107. The van der Waals surface area contributed by atoms with E-state index in [0.717, 1.165) is 16.5 Å². The SMILES string of the molecule is CCc1c(CO)c(Br)cc2sccc12. The Kier molecular flexibility index (Phi) is 2.91. The molecule has 0 amide bonds. The van der Waals surface area contributed by atoms with Crippen molar-refractivity contribution in [1.82, 2.24) is 0 Å². The third kappa shape index (κ3) is 1.49. The van der Waals surface area contributed by atoms with Crippen molar-refractivity contribution in [2.45, 2.75) is 20.0 Å². The monoisotopic (exact) mass is 270 g/mol. The first kappa shape index (κ1) is 10.1. The maximum Gasteiger partial charge on any atom is 0.0695 e. The van der Waals surface area contributed by atoms with Crippen LogP contribution in [0.2, 0.25) is 0 Å². The van der Waals surface area contributed by atoms with Gasteiger partial charge in [0.15, 0.2) is 0 Å². The lowest BCUT2D eigenvalue weighted by Crippen LogP contribution is -1.94. The topological polar surface area (TPSA) is 20.2 Å². The van der Waals surface area contributed by atoms with Crippen molar-refractivity contribution in [1.29, 1.82) is 0 Å². The highest BCUT2D eigenvalue weighted by Gasteiger charge is 2.10. The summed E-state index contributed by atoms with van der Waals surface area (Å²) < 4.78 is 2.30. The molecule has 1 heterocycles. The van der Waals surface area contributed by atoms with Gasteiger partial charge in [0.25, 0.3) is 0 Å². The van der Waals surface area contributed by atoms with Gasteiger partial charge in [0.1, 0.15) is 0 Å².